The summed E-state index contributed by atoms with van der Waals surface area (Å²) in [7, 11) is -9.96. The van der Waals surface area contributed by atoms with Gasteiger partial charge in [0.2, 0.25) is 7.37 Å². The summed E-state index contributed by atoms with van der Waals surface area (Å²) < 4.78 is 27.9. The highest BCUT2D eigenvalue weighted by molar-refractivity contribution is 7.80. The Kier molecular flexibility index (Phi) is 4.91. The average molecular weight is 290 g/mol. The van der Waals surface area contributed by atoms with Crippen molar-refractivity contribution in [3.05, 3.63) is 0 Å². The first kappa shape index (κ1) is 16.6. The molecule has 0 bridgehead atoms. The van der Waals surface area contributed by atoms with Crippen LogP contribution in [-0.4, -0.2) is 40.5 Å². The molecule has 0 aliphatic rings. The fourth-order valence-corrected chi connectivity index (χ4v) is 7.32. The predicted octanol–water partition coefficient (Wildman–Crippen LogP) is 2.84. The van der Waals surface area contributed by atoms with Crippen LogP contribution in [0.2, 0.25) is 0 Å². The molecule has 98 valence electrons. The molecule has 5 nitrogen and oxygen atoms in total. The van der Waals surface area contributed by atoms with E-state index in [4.69, 9.17) is 9.20 Å². The molecule has 16 heavy (non-hydrogen) atoms. The summed E-state index contributed by atoms with van der Waals surface area (Å²) in [5.41, 5.74) is 0. The maximum Gasteiger partial charge on any atom is 0.340 e. The van der Waals surface area contributed by atoms with Gasteiger partial charge in [-0.05, 0) is 6.66 Å². The first-order chi connectivity index (χ1) is 6.66. The maximum atomic E-state index is 11.7. The van der Waals surface area contributed by atoms with Crippen molar-refractivity contribution in [3.63, 3.8) is 0 Å². The van der Waals surface area contributed by atoms with Crippen LogP contribution in [-0.2, 0) is 13.4 Å². The van der Waals surface area contributed by atoms with Gasteiger partial charge in [-0.1, -0.05) is 27.1 Å². The third-order valence-electron chi connectivity index (χ3n) is 2.17. The lowest BCUT2D eigenvalue weighted by atomic mass is 10.3. The molecule has 0 aromatic carbocycles. The molecule has 0 fully saturated rings. The van der Waals surface area contributed by atoms with Crippen LogP contribution in [0.15, 0.2) is 0 Å². The van der Waals surface area contributed by atoms with E-state index in [1.165, 1.54) is 0 Å². The molecule has 0 radical (unpaired) electrons. The molecule has 0 aliphatic heterocycles. The maximum absolute atomic E-state index is 11.7. The summed E-state index contributed by atoms with van der Waals surface area (Å²) in [5, 5.41) is -0.349. The van der Waals surface area contributed by atoms with Gasteiger partial charge in [0.25, 0.3) is 0 Å². The largest absolute Gasteiger partial charge is 0.344 e. The molecule has 0 heterocycles. The molecule has 0 saturated carbocycles. The van der Waals surface area contributed by atoms with Crippen molar-refractivity contribution in [2.24, 2.45) is 0 Å². The summed E-state index contributed by atoms with van der Waals surface area (Å²) in [6, 6.07) is 0. The van der Waals surface area contributed by atoms with E-state index in [1.54, 1.807) is 6.66 Å². The highest BCUT2D eigenvalue weighted by Crippen LogP contribution is 2.68. The Balaban J connectivity index is 4.94. The Morgan fingerprint density at radius 1 is 1.19 bits per heavy atom. The van der Waals surface area contributed by atoms with E-state index in [-0.39, 0.29) is 5.16 Å². The third kappa shape index (κ3) is 5.82. The molecule has 0 aromatic rings. The zero-order chi connectivity index (χ0) is 13.4. The van der Waals surface area contributed by atoms with E-state index in [0.717, 1.165) is 6.66 Å². The van der Waals surface area contributed by atoms with Gasteiger partial charge >= 0.3 is 7.60 Å². The fraction of sp³-hybridized carbons (Fsp3) is 0.875. The first-order valence-corrected chi connectivity index (χ1v) is 11.1. The average Bonchev–Trinajstić information content (AvgIpc) is 1.72. The Morgan fingerprint density at radius 2 is 1.56 bits per heavy atom. The van der Waals surface area contributed by atoms with E-state index in [1.807, 2.05) is 20.8 Å². The van der Waals surface area contributed by atoms with Crippen LogP contribution in [0.5, 0.6) is 0 Å². The quantitative estimate of drug-likeness (QED) is 0.778. The lowest BCUT2D eigenvalue weighted by molar-refractivity contribution is 0.391. The highest BCUT2D eigenvalue weighted by Gasteiger charge is 2.36. The van der Waals surface area contributed by atoms with Crippen molar-refractivity contribution in [1.29, 1.82) is 0 Å². The van der Waals surface area contributed by atoms with Crippen molar-refractivity contribution in [2.45, 2.75) is 25.9 Å². The van der Waals surface area contributed by atoms with Crippen molar-refractivity contribution in [3.8, 4) is 0 Å². The van der Waals surface area contributed by atoms with E-state index >= 15 is 0 Å². The van der Waals surface area contributed by atoms with Gasteiger partial charge < -0.3 is 9.79 Å². The predicted molar refractivity (Wildman–Crippen MR) is 71.2 cm³/mol. The van der Waals surface area contributed by atoms with Crippen LogP contribution in [0, 0.1) is 0 Å². The summed E-state index contributed by atoms with van der Waals surface area (Å²) in [6.45, 7) is 8.30. The van der Waals surface area contributed by atoms with Gasteiger partial charge in [-0.2, -0.15) is 0 Å². The number of hydrogen-bond acceptors (Lipinski definition) is 3. The Hall–Kier alpha value is 0.640. The first-order valence-electron chi connectivity index (χ1n) is 4.70. The minimum absolute atomic E-state index is 0.349. The van der Waals surface area contributed by atoms with E-state index in [2.05, 4.69) is 6.30 Å². The molecule has 3 atom stereocenters. The van der Waals surface area contributed by atoms with Crippen LogP contribution in [0.3, 0.4) is 0 Å². The number of rotatable bonds is 4. The SMILES string of the molecule is C=P(C)(OP(=O)(O)CP(C)(=O)O)C(C)(C)C. The van der Waals surface area contributed by atoms with Gasteiger partial charge in [0.05, 0.1) is 0 Å². The van der Waals surface area contributed by atoms with Crippen molar-refractivity contribution < 1.29 is 23.2 Å². The second-order valence-corrected chi connectivity index (χ2v) is 13.9. The zero-order valence-electron chi connectivity index (χ0n) is 10.4. The Labute approximate surface area is 97.3 Å². The molecular weight excluding hydrogens is 269 g/mol. The molecule has 0 aliphatic carbocycles. The molecule has 0 spiro atoms. The van der Waals surface area contributed by atoms with Crippen LogP contribution in [0.4, 0.5) is 0 Å². The van der Waals surface area contributed by atoms with Gasteiger partial charge in [0, 0.05) is 18.9 Å². The normalized spacial score (nSPS) is 24.2. The van der Waals surface area contributed by atoms with Gasteiger partial charge in [-0.25, -0.2) is 0 Å². The number of hydrogen-bond donors (Lipinski definition) is 2. The van der Waals surface area contributed by atoms with E-state index in [0.29, 0.717) is 0 Å². The van der Waals surface area contributed by atoms with Crippen LogP contribution >= 0.6 is 22.1 Å². The van der Waals surface area contributed by atoms with Gasteiger partial charge in [0.15, 0.2) is 0 Å². The Bertz CT molecular complexity index is 389. The topological polar surface area (TPSA) is 83.8 Å². The molecule has 3 unspecified atom stereocenters. The third-order valence-corrected chi connectivity index (χ3v) is 11.0. The molecule has 8 heteroatoms. The molecule has 2 N–H and O–H groups in total. The monoisotopic (exact) mass is 290 g/mol. The van der Waals surface area contributed by atoms with Gasteiger partial charge in [-0.15, -0.1) is 0 Å². The lowest BCUT2D eigenvalue weighted by Crippen LogP contribution is -2.16. The fourth-order valence-electron chi connectivity index (χ4n) is 0.761. The summed E-state index contributed by atoms with van der Waals surface area (Å²) >= 11 is 0. The summed E-state index contributed by atoms with van der Waals surface area (Å²) in [6.07, 6.45) is 3.84. The van der Waals surface area contributed by atoms with Crippen LogP contribution in [0.25, 0.3) is 0 Å². The second kappa shape index (κ2) is 4.72. The minimum atomic E-state index is -4.06. The van der Waals surface area contributed by atoms with Crippen molar-refractivity contribution in [1.82, 2.24) is 0 Å². The second-order valence-electron chi connectivity index (χ2n) is 5.18. The van der Waals surface area contributed by atoms with Crippen molar-refractivity contribution in [2.75, 3.05) is 19.2 Å². The molecular formula is C8H21O5P3. The molecule has 0 aromatic heterocycles. The van der Waals surface area contributed by atoms with E-state index < -0.39 is 28.0 Å². The van der Waals surface area contributed by atoms with Crippen LogP contribution < -0.4 is 0 Å². The smallest absolute Gasteiger partial charge is 0.340 e. The molecule has 0 amide bonds. The highest BCUT2D eigenvalue weighted by atomic mass is 31.3. The molecule has 0 saturated heterocycles. The Morgan fingerprint density at radius 3 is 1.81 bits per heavy atom. The summed E-state index contributed by atoms with van der Waals surface area (Å²) in [5.74, 6) is -0.721. The standard InChI is InChI=1S/C8H21O5P3/c1-8(2,3)14(4,5)13-16(11,12)7-15(6,9)10/h4,7H2,1-3,5-6H3,(H,9,10)(H,11,12). The zero-order valence-corrected chi connectivity index (χ0v) is 13.1. The van der Waals surface area contributed by atoms with Gasteiger partial charge in [0.1, 0.15) is 5.90 Å². The lowest BCUT2D eigenvalue weighted by Gasteiger charge is -2.34. The van der Waals surface area contributed by atoms with Crippen LogP contribution in [0.1, 0.15) is 20.8 Å². The van der Waals surface area contributed by atoms with Crippen molar-refractivity contribution >= 4 is 28.4 Å². The van der Waals surface area contributed by atoms with Gasteiger partial charge in [-0.3, -0.25) is 13.4 Å². The van der Waals surface area contributed by atoms with E-state index in [9.17, 15) is 14.0 Å². The minimum Gasteiger partial charge on any atom is -0.344 e. The summed E-state index contributed by atoms with van der Waals surface area (Å²) in [4.78, 5) is 18.6. The molecule has 0 rings (SSSR count).